The lowest BCUT2D eigenvalue weighted by molar-refractivity contribution is -0.111. The van der Waals surface area contributed by atoms with E-state index in [0.717, 1.165) is 5.56 Å². The van der Waals surface area contributed by atoms with Gasteiger partial charge in [-0.3, -0.25) is 9.52 Å². The minimum Gasteiger partial charge on any atom is -0.495 e. The first-order chi connectivity index (χ1) is 17.0. The van der Waals surface area contributed by atoms with Crippen molar-refractivity contribution in [3.63, 3.8) is 0 Å². The van der Waals surface area contributed by atoms with Gasteiger partial charge in [0.2, 0.25) is 5.91 Å². The molecule has 35 heavy (non-hydrogen) atoms. The molecule has 1 aliphatic rings. The van der Waals surface area contributed by atoms with Gasteiger partial charge in [0, 0.05) is 24.9 Å². The second-order valence-corrected chi connectivity index (χ2v) is 9.47. The Morgan fingerprint density at radius 2 is 1.71 bits per heavy atom. The van der Waals surface area contributed by atoms with Crippen LogP contribution in [0.5, 0.6) is 5.75 Å². The van der Waals surface area contributed by atoms with Crippen LogP contribution in [0.15, 0.2) is 83.8 Å². The molecule has 8 nitrogen and oxygen atoms in total. The van der Waals surface area contributed by atoms with Crippen molar-refractivity contribution in [2.75, 3.05) is 48.4 Å². The number of ether oxygens (including phenoxy) is 2. The van der Waals surface area contributed by atoms with Crippen LogP contribution in [0.4, 0.5) is 17.1 Å². The first kappa shape index (κ1) is 24.3. The molecule has 4 rings (SSSR count). The molecule has 3 aromatic rings. The summed E-state index contributed by atoms with van der Waals surface area (Å²) in [6.45, 7) is 2.12. The van der Waals surface area contributed by atoms with Crippen LogP contribution in [-0.4, -0.2) is 47.7 Å². The average molecular weight is 494 g/mol. The summed E-state index contributed by atoms with van der Waals surface area (Å²) in [4.78, 5) is 14.5. The molecule has 3 aromatic carbocycles. The summed E-state index contributed by atoms with van der Waals surface area (Å²) >= 11 is 0. The van der Waals surface area contributed by atoms with Crippen molar-refractivity contribution in [3.05, 3.63) is 84.4 Å². The van der Waals surface area contributed by atoms with Gasteiger partial charge in [-0.15, -0.1) is 0 Å². The first-order valence-electron chi connectivity index (χ1n) is 11.1. The van der Waals surface area contributed by atoms with E-state index in [9.17, 15) is 13.2 Å². The number of hydrogen-bond donors (Lipinski definition) is 2. The van der Waals surface area contributed by atoms with Gasteiger partial charge in [-0.2, -0.15) is 0 Å². The fourth-order valence-corrected chi connectivity index (χ4v) is 5.04. The molecule has 0 aliphatic carbocycles. The Morgan fingerprint density at radius 1 is 1.00 bits per heavy atom. The molecule has 0 spiro atoms. The summed E-state index contributed by atoms with van der Waals surface area (Å²) in [7, 11) is -2.54. The van der Waals surface area contributed by atoms with Gasteiger partial charge in [-0.05, 0) is 42.0 Å². The number of hydrogen-bond acceptors (Lipinski definition) is 6. The van der Waals surface area contributed by atoms with Crippen molar-refractivity contribution in [1.82, 2.24) is 0 Å². The number of anilines is 3. The van der Waals surface area contributed by atoms with Crippen molar-refractivity contribution >= 4 is 39.1 Å². The molecule has 1 amide bonds. The van der Waals surface area contributed by atoms with Gasteiger partial charge in [0.15, 0.2) is 0 Å². The number of morpholine rings is 1. The van der Waals surface area contributed by atoms with Crippen LogP contribution in [0, 0.1) is 0 Å². The number of nitrogens with one attached hydrogen (secondary N) is 2. The number of carbonyl (C=O) groups is 1. The third-order valence-corrected chi connectivity index (χ3v) is 6.84. The highest BCUT2D eigenvalue weighted by molar-refractivity contribution is 7.93. The van der Waals surface area contributed by atoms with Crippen LogP contribution in [0.25, 0.3) is 6.08 Å². The summed E-state index contributed by atoms with van der Waals surface area (Å²) < 4.78 is 40.4. The maximum atomic E-state index is 13.5. The maximum absolute atomic E-state index is 13.5. The molecular formula is C26H27N3O5S. The van der Waals surface area contributed by atoms with E-state index in [2.05, 4.69) is 10.0 Å². The number of carbonyl (C=O) groups excluding carboxylic acids is 1. The minimum atomic E-state index is -4.02. The normalized spacial score (nSPS) is 14.0. The van der Waals surface area contributed by atoms with Gasteiger partial charge in [0.1, 0.15) is 10.6 Å². The molecule has 2 N–H and O–H groups in total. The molecule has 0 saturated carbocycles. The highest BCUT2D eigenvalue weighted by atomic mass is 32.2. The lowest BCUT2D eigenvalue weighted by atomic mass is 10.2. The highest BCUT2D eigenvalue weighted by Gasteiger charge is 2.25. The molecule has 182 valence electrons. The number of para-hydroxylation sites is 2. The number of nitrogens with zero attached hydrogens (tertiary/aromatic N) is 1. The maximum Gasteiger partial charge on any atom is 0.264 e. The Balaban J connectivity index is 1.64. The van der Waals surface area contributed by atoms with Crippen LogP contribution < -0.4 is 19.7 Å². The smallest absolute Gasteiger partial charge is 0.264 e. The van der Waals surface area contributed by atoms with Gasteiger partial charge in [-0.1, -0.05) is 42.5 Å². The summed E-state index contributed by atoms with van der Waals surface area (Å²) in [5, 5.41) is 2.76. The van der Waals surface area contributed by atoms with E-state index in [-0.39, 0.29) is 10.8 Å². The average Bonchev–Trinajstić information content (AvgIpc) is 2.89. The fourth-order valence-electron chi connectivity index (χ4n) is 3.72. The Bertz CT molecular complexity index is 1300. The predicted octanol–water partition coefficient (Wildman–Crippen LogP) is 3.98. The van der Waals surface area contributed by atoms with Crippen molar-refractivity contribution in [3.8, 4) is 5.75 Å². The molecular weight excluding hydrogens is 466 g/mol. The van der Waals surface area contributed by atoms with E-state index in [1.807, 2.05) is 35.2 Å². The topological polar surface area (TPSA) is 97.0 Å². The summed E-state index contributed by atoms with van der Waals surface area (Å²) in [6.07, 6.45) is 3.10. The zero-order valence-electron chi connectivity index (χ0n) is 19.3. The van der Waals surface area contributed by atoms with E-state index < -0.39 is 10.0 Å². The summed E-state index contributed by atoms with van der Waals surface area (Å²) in [5.41, 5.74) is 2.11. The first-order valence-corrected chi connectivity index (χ1v) is 12.6. The Hall–Kier alpha value is -3.82. The molecule has 0 atom stereocenters. The van der Waals surface area contributed by atoms with Gasteiger partial charge in [0.25, 0.3) is 10.0 Å². The Morgan fingerprint density at radius 3 is 2.46 bits per heavy atom. The van der Waals surface area contributed by atoms with Crippen LogP contribution in [0.3, 0.4) is 0 Å². The van der Waals surface area contributed by atoms with E-state index >= 15 is 0 Å². The van der Waals surface area contributed by atoms with Crippen molar-refractivity contribution < 1.29 is 22.7 Å². The molecule has 0 bridgehead atoms. The van der Waals surface area contributed by atoms with E-state index in [1.165, 1.54) is 19.3 Å². The third kappa shape index (κ3) is 6.20. The molecule has 1 saturated heterocycles. The van der Waals surface area contributed by atoms with Crippen molar-refractivity contribution in [2.24, 2.45) is 0 Å². The van der Waals surface area contributed by atoms with Crippen LogP contribution >= 0.6 is 0 Å². The number of sulfonamides is 1. The monoisotopic (exact) mass is 493 g/mol. The van der Waals surface area contributed by atoms with E-state index in [4.69, 9.17) is 9.47 Å². The number of benzene rings is 3. The SMILES string of the molecule is COc1ccccc1NS(=O)(=O)c1cc(NC(=O)/C=C/c2ccccc2)ccc1N1CCOCC1. The largest absolute Gasteiger partial charge is 0.495 e. The van der Waals surface area contributed by atoms with E-state index in [1.54, 1.807) is 42.5 Å². The Kier molecular flexibility index (Phi) is 7.69. The lowest BCUT2D eigenvalue weighted by Crippen LogP contribution is -2.37. The summed E-state index contributed by atoms with van der Waals surface area (Å²) in [5.74, 6) is 0.0357. The van der Waals surface area contributed by atoms with Crippen LogP contribution in [-0.2, 0) is 19.6 Å². The molecule has 1 fully saturated rings. The third-order valence-electron chi connectivity index (χ3n) is 5.45. The van der Waals surface area contributed by atoms with Gasteiger partial charge in [-0.25, -0.2) is 8.42 Å². The van der Waals surface area contributed by atoms with E-state index in [0.29, 0.717) is 49.1 Å². The lowest BCUT2D eigenvalue weighted by Gasteiger charge is -2.30. The predicted molar refractivity (Wildman–Crippen MR) is 137 cm³/mol. The summed E-state index contributed by atoms with van der Waals surface area (Å²) in [6, 6.07) is 21.1. The number of amides is 1. The standard InChI is InChI=1S/C26H27N3O5S/c1-33-24-10-6-5-9-22(24)28-35(31,32)25-19-21(12-13-23(25)29-15-17-34-18-16-29)27-26(30)14-11-20-7-3-2-4-8-20/h2-14,19,28H,15-18H2,1H3,(H,27,30)/b14-11+. The van der Waals surface area contributed by atoms with Crippen molar-refractivity contribution in [1.29, 1.82) is 0 Å². The molecule has 1 heterocycles. The fraction of sp³-hybridized carbons (Fsp3) is 0.192. The second kappa shape index (κ2) is 11.1. The van der Waals surface area contributed by atoms with Crippen molar-refractivity contribution in [2.45, 2.75) is 4.90 Å². The minimum absolute atomic E-state index is 0.0511. The van der Waals surface area contributed by atoms with Crippen LogP contribution in [0.2, 0.25) is 0 Å². The molecule has 0 unspecified atom stereocenters. The highest BCUT2D eigenvalue weighted by Crippen LogP contribution is 2.33. The molecule has 0 aromatic heterocycles. The molecule has 0 radical (unpaired) electrons. The van der Waals surface area contributed by atoms with Gasteiger partial charge < -0.3 is 19.7 Å². The Labute approximate surface area is 205 Å². The second-order valence-electron chi connectivity index (χ2n) is 7.82. The number of rotatable bonds is 8. The zero-order valence-corrected chi connectivity index (χ0v) is 20.1. The van der Waals surface area contributed by atoms with Gasteiger partial charge >= 0.3 is 0 Å². The number of methoxy groups -OCH3 is 1. The van der Waals surface area contributed by atoms with Gasteiger partial charge in [0.05, 0.1) is 31.7 Å². The zero-order chi connectivity index (χ0) is 24.7. The molecule has 1 aliphatic heterocycles. The molecule has 9 heteroatoms. The van der Waals surface area contributed by atoms with Crippen LogP contribution in [0.1, 0.15) is 5.56 Å². The quantitative estimate of drug-likeness (QED) is 0.461.